The van der Waals surface area contributed by atoms with E-state index in [4.69, 9.17) is 4.74 Å². The second-order valence-corrected chi connectivity index (χ2v) is 5.13. The summed E-state index contributed by atoms with van der Waals surface area (Å²) >= 11 is 0. The Morgan fingerprint density at radius 1 is 1.19 bits per heavy atom. The van der Waals surface area contributed by atoms with Gasteiger partial charge in [0, 0.05) is 18.2 Å². The third kappa shape index (κ3) is 3.51. The summed E-state index contributed by atoms with van der Waals surface area (Å²) in [6, 6.07) is 15.0. The van der Waals surface area contributed by atoms with Gasteiger partial charge in [-0.3, -0.25) is 10.1 Å². The molecular formula is C16H16N2O3. The van der Waals surface area contributed by atoms with Crippen molar-refractivity contribution in [2.75, 3.05) is 5.32 Å². The van der Waals surface area contributed by atoms with Crippen molar-refractivity contribution in [3.63, 3.8) is 0 Å². The first-order chi connectivity index (χ1) is 10.2. The molecule has 0 heterocycles. The smallest absolute Gasteiger partial charge is 0.292 e. The van der Waals surface area contributed by atoms with Crippen LogP contribution in [0.1, 0.15) is 18.4 Å². The zero-order valence-electron chi connectivity index (χ0n) is 11.5. The van der Waals surface area contributed by atoms with E-state index in [2.05, 4.69) is 5.32 Å². The number of nitro groups is 1. The Hall–Kier alpha value is -2.56. The van der Waals surface area contributed by atoms with E-state index < -0.39 is 0 Å². The van der Waals surface area contributed by atoms with Gasteiger partial charge in [-0.1, -0.05) is 30.3 Å². The van der Waals surface area contributed by atoms with Crippen LogP contribution in [0.3, 0.4) is 0 Å². The van der Waals surface area contributed by atoms with Gasteiger partial charge in [-0.2, -0.15) is 0 Å². The summed E-state index contributed by atoms with van der Waals surface area (Å²) in [5, 5.41) is 14.2. The molecule has 0 aromatic heterocycles. The van der Waals surface area contributed by atoms with E-state index in [0.29, 0.717) is 24.1 Å². The molecule has 0 spiro atoms. The van der Waals surface area contributed by atoms with E-state index >= 15 is 0 Å². The fraction of sp³-hybridized carbons (Fsp3) is 0.250. The average Bonchev–Trinajstić information content (AvgIpc) is 3.30. The number of ether oxygens (including phenoxy) is 1. The van der Waals surface area contributed by atoms with Crippen molar-refractivity contribution in [3.8, 4) is 5.75 Å². The van der Waals surface area contributed by atoms with Crippen LogP contribution in [-0.4, -0.2) is 11.0 Å². The van der Waals surface area contributed by atoms with Crippen LogP contribution in [0.2, 0.25) is 0 Å². The lowest BCUT2D eigenvalue weighted by molar-refractivity contribution is -0.384. The van der Waals surface area contributed by atoms with Crippen molar-refractivity contribution in [2.24, 2.45) is 0 Å². The highest BCUT2D eigenvalue weighted by Crippen LogP contribution is 2.33. The number of benzene rings is 2. The third-order valence-electron chi connectivity index (χ3n) is 3.35. The average molecular weight is 284 g/mol. The van der Waals surface area contributed by atoms with Crippen LogP contribution in [0.15, 0.2) is 48.5 Å². The van der Waals surface area contributed by atoms with Crippen LogP contribution in [0.5, 0.6) is 5.75 Å². The van der Waals surface area contributed by atoms with Gasteiger partial charge in [-0.15, -0.1) is 0 Å². The highest BCUT2D eigenvalue weighted by Gasteiger charge is 2.25. The van der Waals surface area contributed by atoms with E-state index in [0.717, 1.165) is 18.4 Å². The molecule has 0 atom stereocenters. The van der Waals surface area contributed by atoms with Crippen molar-refractivity contribution in [1.29, 1.82) is 0 Å². The predicted molar refractivity (Wildman–Crippen MR) is 80.5 cm³/mol. The van der Waals surface area contributed by atoms with E-state index in [1.807, 2.05) is 30.3 Å². The highest BCUT2D eigenvalue weighted by molar-refractivity contribution is 5.65. The summed E-state index contributed by atoms with van der Waals surface area (Å²) in [5.74, 6) is 0.632. The lowest BCUT2D eigenvalue weighted by atomic mass is 10.2. The van der Waals surface area contributed by atoms with E-state index in [9.17, 15) is 10.1 Å². The molecule has 0 bridgehead atoms. The van der Waals surface area contributed by atoms with Crippen molar-refractivity contribution in [2.45, 2.75) is 25.5 Å². The third-order valence-corrected chi connectivity index (χ3v) is 3.35. The second kappa shape index (κ2) is 5.83. The maximum absolute atomic E-state index is 11.0. The van der Waals surface area contributed by atoms with Gasteiger partial charge >= 0.3 is 0 Å². The molecule has 3 rings (SSSR count). The summed E-state index contributed by atoms with van der Waals surface area (Å²) in [5.41, 5.74) is 1.69. The number of hydrogen-bond acceptors (Lipinski definition) is 4. The number of nitrogens with one attached hydrogen (secondary N) is 1. The predicted octanol–water partition coefficient (Wildman–Crippen LogP) is 3.75. The first-order valence-electron chi connectivity index (χ1n) is 6.94. The van der Waals surface area contributed by atoms with Crippen LogP contribution in [0.25, 0.3) is 0 Å². The molecule has 1 fully saturated rings. The minimum Gasteiger partial charge on any atom is -0.489 e. The largest absolute Gasteiger partial charge is 0.489 e. The van der Waals surface area contributed by atoms with Crippen molar-refractivity contribution in [3.05, 3.63) is 64.2 Å². The maximum atomic E-state index is 11.0. The monoisotopic (exact) mass is 284 g/mol. The SMILES string of the molecule is O=[N+]([O-])c1ccc(OCc2ccccc2)cc1NC1CC1. The molecule has 2 aromatic carbocycles. The summed E-state index contributed by atoms with van der Waals surface area (Å²) in [6.07, 6.45) is 2.12. The van der Waals surface area contributed by atoms with Crippen LogP contribution >= 0.6 is 0 Å². The maximum Gasteiger partial charge on any atom is 0.292 e. The Kier molecular flexibility index (Phi) is 3.73. The fourth-order valence-corrected chi connectivity index (χ4v) is 2.07. The Bertz CT molecular complexity index is 639. The van der Waals surface area contributed by atoms with Crippen LogP contribution in [0.4, 0.5) is 11.4 Å². The van der Waals surface area contributed by atoms with Gasteiger partial charge in [0.1, 0.15) is 18.0 Å². The summed E-state index contributed by atoms with van der Waals surface area (Å²) in [6.45, 7) is 0.446. The Morgan fingerprint density at radius 2 is 1.95 bits per heavy atom. The topological polar surface area (TPSA) is 64.4 Å². The summed E-state index contributed by atoms with van der Waals surface area (Å²) < 4.78 is 5.71. The number of hydrogen-bond donors (Lipinski definition) is 1. The van der Waals surface area contributed by atoms with E-state index in [1.165, 1.54) is 6.07 Å². The van der Waals surface area contributed by atoms with Gasteiger partial charge in [0.25, 0.3) is 5.69 Å². The normalized spacial score (nSPS) is 13.7. The zero-order valence-corrected chi connectivity index (χ0v) is 11.5. The fourth-order valence-electron chi connectivity index (χ4n) is 2.07. The molecule has 2 aromatic rings. The molecule has 0 radical (unpaired) electrons. The molecule has 1 aliphatic rings. The van der Waals surface area contributed by atoms with Gasteiger partial charge in [-0.05, 0) is 24.5 Å². The van der Waals surface area contributed by atoms with Gasteiger partial charge < -0.3 is 10.1 Å². The molecule has 1 N–H and O–H groups in total. The Morgan fingerprint density at radius 3 is 2.62 bits per heavy atom. The minimum absolute atomic E-state index is 0.0916. The van der Waals surface area contributed by atoms with Crippen molar-refractivity contribution in [1.82, 2.24) is 0 Å². The lowest BCUT2D eigenvalue weighted by Gasteiger charge is -2.10. The number of nitro benzene ring substituents is 1. The quantitative estimate of drug-likeness (QED) is 0.648. The van der Waals surface area contributed by atoms with Gasteiger partial charge in [0.15, 0.2) is 0 Å². The first kappa shape index (κ1) is 13.4. The highest BCUT2D eigenvalue weighted by atomic mass is 16.6. The molecule has 1 saturated carbocycles. The van der Waals surface area contributed by atoms with Crippen LogP contribution in [-0.2, 0) is 6.61 Å². The van der Waals surface area contributed by atoms with Gasteiger partial charge in [0.2, 0.25) is 0 Å². The second-order valence-electron chi connectivity index (χ2n) is 5.13. The van der Waals surface area contributed by atoms with Crippen LogP contribution in [0, 0.1) is 10.1 Å². The molecular weight excluding hydrogens is 268 g/mol. The minimum atomic E-state index is -0.369. The number of rotatable bonds is 6. The molecule has 5 nitrogen and oxygen atoms in total. The first-order valence-corrected chi connectivity index (χ1v) is 6.94. The molecule has 0 saturated heterocycles. The Balaban J connectivity index is 1.74. The molecule has 0 aliphatic heterocycles. The summed E-state index contributed by atoms with van der Waals surface area (Å²) in [4.78, 5) is 10.7. The van der Waals surface area contributed by atoms with E-state index in [-0.39, 0.29) is 10.6 Å². The lowest BCUT2D eigenvalue weighted by Crippen LogP contribution is -2.05. The molecule has 108 valence electrons. The van der Waals surface area contributed by atoms with E-state index in [1.54, 1.807) is 12.1 Å². The van der Waals surface area contributed by atoms with Crippen molar-refractivity contribution < 1.29 is 9.66 Å². The Labute approximate surface area is 122 Å². The summed E-state index contributed by atoms with van der Waals surface area (Å²) in [7, 11) is 0. The number of anilines is 1. The molecule has 21 heavy (non-hydrogen) atoms. The van der Waals surface area contributed by atoms with Gasteiger partial charge in [0.05, 0.1) is 4.92 Å². The van der Waals surface area contributed by atoms with Gasteiger partial charge in [-0.25, -0.2) is 0 Å². The standard InChI is InChI=1S/C16H16N2O3/c19-18(20)16-9-8-14(10-15(16)17-13-6-7-13)21-11-12-4-2-1-3-5-12/h1-5,8-10,13,17H,6-7,11H2. The molecule has 0 unspecified atom stereocenters. The zero-order chi connectivity index (χ0) is 14.7. The molecule has 5 heteroatoms. The molecule has 1 aliphatic carbocycles. The van der Waals surface area contributed by atoms with Crippen molar-refractivity contribution >= 4 is 11.4 Å². The number of nitrogens with zero attached hydrogens (tertiary/aromatic N) is 1. The van der Waals surface area contributed by atoms with Crippen LogP contribution < -0.4 is 10.1 Å². The molecule has 0 amide bonds.